The van der Waals surface area contributed by atoms with Crippen LogP contribution in [-0.2, 0) is 43.0 Å². The Kier molecular flexibility index (Phi) is 12.3. The van der Waals surface area contributed by atoms with Crippen LogP contribution >= 0.6 is 0 Å². The Morgan fingerprint density at radius 2 is 0.867 bits per heavy atom. The third kappa shape index (κ3) is 7.09. The monoisotopic (exact) mass is 833 g/mol. The number of carboxylic acids is 1. The average Bonchev–Trinajstić information content (AvgIpc) is 3.61. The van der Waals surface area contributed by atoms with Crippen LogP contribution in [0.2, 0.25) is 0 Å². The lowest BCUT2D eigenvalue weighted by Crippen LogP contribution is -2.59. The molecule has 332 valence electrons. The van der Waals surface area contributed by atoms with Gasteiger partial charge in [0.2, 0.25) is 0 Å². The maximum Gasteiger partial charge on any atom is 0.303 e. The lowest BCUT2D eigenvalue weighted by molar-refractivity contribution is -0.187. The Hall–Kier alpha value is -3.43. The summed E-state index contributed by atoms with van der Waals surface area (Å²) in [7, 11) is 0. The zero-order valence-electron chi connectivity index (χ0n) is 38.3. The molecule has 0 aromatic rings. The smallest absolute Gasteiger partial charge is 0.303 e. The number of aliphatic carboxylic acids is 1. The second kappa shape index (κ2) is 16.0. The Labute approximate surface area is 357 Å². The summed E-state index contributed by atoms with van der Waals surface area (Å²) in [5.41, 5.74) is 0.435. The molecule has 0 aromatic carbocycles. The second-order valence-corrected chi connectivity index (χ2v) is 21.5. The van der Waals surface area contributed by atoms with Crippen molar-refractivity contribution in [2.45, 2.75) is 177 Å². The third-order valence-corrected chi connectivity index (χ3v) is 18.6. The number of carbonyl (C=O) groups excluding carboxylic acids is 6. The molecule has 0 aliphatic heterocycles. The Morgan fingerprint density at radius 3 is 1.17 bits per heavy atom. The van der Waals surface area contributed by atoms with Gasteiger partial charge in [0.25, 0.3) is 5.97 Å². The van der Waals surface area contributed by atoms with Gasteiger partial charge in [-0.1, -0.05) is 52.7 Å². The van der Waals surface area contributed by atoms with Gasteiger partial charge < -0.3 is 14.6 Å². The number of ketones is 4. The van der Waals surface area contributed by atoms with Crippen molar-refractivity contribution >= 4 is 41.0 Å². The van der Waals surface area contributed by atoms with Gasteiger partial charge in [-0.25, -0.2) is 0 Å². The molecule has 0 spiro atoms. The van der Waals surface area contributed by atoms with Crippen molar-refractivity contribution in [1.82, 2.24) is 0 Å². The quantitative estimate of drug-likeness (QED) is 0.271. The number of fused-ring (bicyclic) bond motifs is 10. The summed E-state index contributed by atoms with van der Waals surface area (Å²) < 4.78 is 11.7. The fourth-order valence-corrected chi connectivity index (χ4v) is 16.1. The van der Waals surface area contributed by atoms with Gasteiger partial charge in [-0.3, -0.25) is 33.6 Å². The number of esters is 2. The van der Waals surface area contributed by atoms with Gasteiger partial charge in [0, 0.05) is 44.4 Å². The minimum atomic E-state index is -0.961. The first-order chi connectivity index (χ1) is 27.8. The van der Waals surface area contributed by atoms with Gasteiger partial charge in [0.1, 0.15) is 0 Å². The van der Waals surface area contributed by atoms with Crippen molar-refractivity contribution in [3.05, 3.63) is 23.3 Å². The molecule has 0 amide bonds. The van der Waals surface area contributed by atoms with E-state index in [1.54, 1.807) is 13.8 Å². The number of hydrogen-bond acceptors (Lipinski definition) is 9. The summed E-state index contributed by atoms with van der Waals surface area (Å²) >= 11 is 0. The van der Waals surface area contributed by atoms with Crippen LogP contribution in [0.15, 0.2) is 23.3 Å². The molecule has 6 fully saturated rings. The van der Waals surface area contributed by atoms with Crippen LogP contribution < -0.4 is 0 Å². The summed E-state index contributed by atoms with van der Waals surface area (Å²) in [5.74, 6) is 2.81. The van der Waals surface area contributed by atoms with E-state index in [2.05, 4.69) is 41.5 Å². The summed E-state index contributed by atoms with van der Waals surface area (Å²) in [6, 6.07) is 0. The highest BCUT2D eigenvalue weighted by Gasteiger charge is 2.70. The van der Waals surface area contributed by atoms with Crippen molar-refractivity contribution in [3.63, 3.8) is 0 Å². The highest BCUT2D eigenvalue weighted by molar-refractivity contribution is 5.93. The molecule has 8 aliphatic rings. The minimum absolute atomic E-state index is 0.00469. The highest BCUT2D eigenvalue weighted by Crippen LogP contribution is 2.71. The molecular weight excluding hydrogens is 761 g/mol. The molecule has 0 unspecified atom stereocenters. The number of carboxylic acid groups (broad SMARTS) is 1. The lowest BCUT2D eigenvalue weighted by Gasteiger charge is -2.60. The molecule has 0 saturated heterocycles. The Morgan fingerprint density at radius 1 is 0.550 bits per heavy atom. The van der Waals surface area contributed by atoms with Crippen LogP contribution in [0.25, 0.3) is 0 Å². The van der Waals surface area contributed by atoms with Crippen molar-refractivity contribution in [2.24, 2.45) is 69.0 Å². The van der Waals surface area contributed by atoms with E-state index in [0.717, 1.165) is 71.1 Å². The molecular formula is C50H72O10. The van der Waals surface area contributed by atoms with Crippen LogP contribution in [-0.4, -0.2) is 57.3 Å². The number of carbonyl (C=O) groups is 7. The van der Waals surface area contributed by atoms with Crippen LogP contribution in [0.3, 0.4) is 0 Å². The minimum Gasteiger partial charge on any atom is -0.481 e. The van der Waals surface area contributed by atoms with E-state index < -0.39 is 17.2 Å². The molecule has 0 radical (unpaired) electrons. The maximum atomic E-state index is 12.8. The normalized spacial score (nSPS) is 44.7. The van der Waals surface area contributed by atoms with Gasteiger partial charge in [0.05, 0.1) is 0 Å². The molecule has 8 aliphatic carbocycles. The van der Waals surface area contributed by atoms with Gasteiger partial charge in [-0.2, -0.15) is 0 Å². The van der Waals surface area contributed by atoms with E-state index in [1.807, 2.05) is 12.2 Å². The van der Waals surface area contributed by atoms with Gasteiger partial charge >= 0.3 is 11.9 Å². The molecule has 8 rings (SSSR count). The van der Waals surface area contributed by atoms with E-state index in [-0.39, 0.29) is 56.7 Å². The molecule has 60 heavy (non-hydrogen) atoms. The van der Waals surface area contributed by atoms with E-state index in [0.29, 0.717) is 73.0 Å². The summed E-state index contributed by atoms with van der Waals surface area (Å²) in [4.78, 5) is 82.6. The standard InChI is InChI=1S/2C24H34O4.C2H4O2/c2*1-14-12-18-19(22(4)9-6-17(27)13-21(14)22)7-10-23(5)20(18)8-11-24(23,15(2)25)28-16(3)26;1-2(3)4/h2*13-14,18-20H,6-12H2,1-5H3;1H3,(H,3,4)/t2*14-,18+,19-,20-,22+,23-,24-;/m00./s1. The highest BCUT2D eigenvalue weighted by atomic mass is 16.6. The van der Waals surface area contributed by atoms with Crippen molar-refractivity contribution in [1.29, 1.82) is 0 Å². The van der Waals surface area contributed by atoms with Crippen molar-refractivity contribution in [2.75, 3.05) is 0 Å². The first kappa shape index (κ1) is 46.1. The molecule has 1 N–H and O–H groups in total. The first-order valence-electron chi connectivity index (χ1n) is 22.9. The fourth-order valence-electron chi connectivity index (χ4n) is 16.1. The van der Waals surface area contributed by atoms with E-state index in [1.165, 1.54) is 25.0 Å². The zero-order chi connectivity index (χ0) is 44.5. The summed E-state index contributed by atoms with van der Waals surface area (Å²) in [6.07, 6.45) is 16.4. The SMILES string of the molecule is CC(=O)O.CC(=O)O[C@]1(C(C)=O)CC[C@H]2[C@@H]3C[C@H](C)C4=CC(=O)CC[C@]4(C)[C@H]3CC[C@@]21C.CC(=O)O[C@]1(C(C)=O)CC[C@H]2[C@@H]3C[C@H](C)C4=CC(=O)CC[C@]4(C)[C@H]3CC[C@@]21C. The average molecular weight is 833 g/mol. The molecule has 0 bridgehead atoms. The molecule has 10 nitrogen and oxygen atoms in total. The Balaban J connectivity index is 0.000000185. The topological polar surface area (TPSA) is 158 Å². The van der Waals surface area contributed by atoms with E-state index >= 15 is 0 Å². The predicted octanol–water partition coefficient (Wildman–Crippen LogP) is 9.40. The largest absolute Gasteiger partial charge is 0.481 e. The number of ether oxygens (including phenoxy) is 2. The maximum absolute atomic E-state index is 12.8. The summed E-state index contributed by atoms with van der Waals surface area (Å²) in [6.45, 7) is 20.8. The second-order valence-electron chi connectivity index (χ2n) is 21.5. The van der Waals surface area contributed by atoms with Crippen LogP contribution in [0.1, 0.15) is 166 Å². The van der Waals surface area contributed by atoms with E-state index in [4.69, 9.17) is 19.4 Å². The Bertz CT molecular complexity index is 1760. The van der Waals surface area contributed by atoms with Crippen molar-refractivity contribution < 1.29 is 48.1 Å². The molecule has 0 aromatic heterocycles. The van der Waals surface area contributed by atoms with Gasteiger partial charge in [0.15, 0.2) is 34.3 Å². The van der Waals surface area contributed by atoms with Crippen LogP contribution in [0, 0.1) is 69.0 Å². The molecule has 14 atom stereocenters. The lowest BCUT2D eigenvalue weighted by atomic mass is 9.44. The number of allylic oxidation sites excluding steroid dienone is 2. The molecule has 6 saturated carbocycles. The molecule has 0 heterocycles. The van der Waals surface area contributed by atoms with E-state index in [9.17, 15) is 28.8 Å². The van der Waals surface area contributed by atoms with Crippen LogP contribution in [0.5, 0.6) is 0 Å². The predicted molar refractivity (Wildman–Crippen MR) is 226 cm³/mol. The van der Waals surface area contributed by atoms with Crippen molar-refractivity contribution in [3.8, 4) is 0 Å². The third-order valence-electron chi connectivity index (χ3n) is 18.6. The van der Waals surface area contributed by atoms with Gasteiger partial charge in [-0.05, 0) is 161 Å². The van der Waals surface area contributed by atoms with Crippen LogP contribution in [0.4, 0.5) is 0 Å². The summed E-state index contributed by atoms with van der Waals surface area (Å²) in [5, 5.41) is 7.42. The number of Topliss-reactive ketones (excluding diaryl/α,β-unsaturated/α-hetero) is 2. The molecule has 10 heteroatoms. The number of hydrogen-bond donors (Lipinski definition) is 1. The fraction of sp³-hybridized carbons (Fsp3) is 0.780. The first-order valence-corrected chi connectivity index (χ1v) is 22.9. The number of rotatable bonds is 4. The van der Waals surface area contributed by atoms with Gasteiger partial charge in [-0.15, -0.1) is 0 Å². The zero-order valence-corrected chi connectivity index (χ0v) is 38.3.